The predicted molar refractivity (Wildman–Crippen MR) is 183 cm³/mol. The van der Waals surface area contributed by atoms with Gasteiger partial charge in [-0.2, -0.15) is 0 Å². The first-order valence-electron chi connectivity index (χ1n) is 15.4. The Morgan fingerprint density at radius 1 is 0.465 bits per heavy atom. The third-order valence-electron chi connectivity index (χ3n) is 9.35. The molecular weight excluding hydrogens is 518 g/mol. The lowest BCUT2D eigenvalue weighted by Crippen LogP contribution is -2.06. The molecule has 1 aliphatic rings. The van der Waals surface area contributed by atoms with Gasteiger partial charge in [-0.3, -0.25) is 4.98 Å². The Hall–Kier alpha value is -5.01. The molecule has 0 spiro atoms. The summed E-state index contributed by atoms with van der Waals surface area (Å²) < 4.78 is 0. The number of nitrogens with zero attached hydrogens (tertiary/aromatic N) is 1. The minimum atomic E-state index is 0.439. The van der Waals surface area contributed by atoms with Gasteiger partial charge in [0.05, 0.1) is 0 Å². The summed E-state index contributed by atoms with van der Waals surface area (Å²) in [7, 11) is 0. The Balaban J connectivity index is 1.34. The molecule has 0 fully saturated rings. The van der Waals surface area contributed by atoms with E-state index >= 15 is 0 Å². The smallest absolute Gasteiger partial charge is 0.0273 e. The van der Waals surface area contributed by atoms with Crippen molar-refractivity contribution in [3.05, 3.63) is 151 Å². The van der Waals surface area contributed by atoms with E-state index in [4.69, 9.17) is 0 Å². The van der Waals surface area contributed by atoms with Crippen molar-refractivity contribution in [3.8, 4) is 33.4 Å². The number of rotatable bonds is 4. The van der Waals surface area contributed by atoms with Crippen LogP contribution in [0.25, 0.3) is 65.7 Å². The summed E-state index contributed by atoms with van der Waals surface area (Å²) in [6, 6.07) is 44.8. The normalized spacial score (nSPS) is 16.7. The van der Waals surface area contributed by atoms with Gasteiger partial charge in [0.25, 0.3) is 0 Å². The van der Waals surface area contributed by atoms with Crippen molar-refractivity contribution in [2.45, 2.75) is 25.7 Å². The Bertz CT molecular complexity index is 2080. The molecule has 1 aliphatic carbocycles. The SMILES string of the molecule is CC1C=CC(c2c3ccccc3c(-c3cccc4c(-c5ccc(-c6ccncc6)cc5)cccc34)c3ccccc23)CC1. The molecule has 0 aliphatic heterocycles. The van der Waals surface area contributed by atoms with Crippen LogP contribution in [0.15, 0.2) is 146 Å². The molecule has 7 aromatic rings. The van der Waals surface area contributed by atoms with Crippen molar-refractivity contribution in [2.24, 2.45) is 5.92 Å². The van der Waals surface area contributed by atoms with E-state index in [1.807, 2.05) is 12.4 Å². The largest absolute Gasteiger partial charge is 0.265 e. The van der Waals surface area contributed by atoms with Gasteiger partial charge in [-0.1, -0.05) is 128 Å². The predicted octanol–water partition coefficient (Wildman–Crippen LogP) is 11.6. The number of allylic oxidation sites excluding steroid dienone is 2. The van der Waals surface area contributed by atoms with Gasteiger partial charge < -0.3 is 0 Å². The van der Waals surface area contributed by atoms with Crippen LogP contribution in [0.5, 0.6) is 0 Å². The highest BCUT2D eigenvalue weighted by molar-refractivity contribution is 6.19. The maximum Gasteiger partial charge on any atom is 0.0273 e. The second-order valence-corrected chi connectivity index (χ2v) is 11.9. The fourth-order valence-corrected chi connectivity index (χ4v) is 7.22. The lowest BCUT2D eigenvalue weighted by atomic mass is 9.78. The number of aromatic nitrogens is 1. The number of pyridine rings is 1. The highest BCUT2D eigenvalue weighted by Gasteiger charge is 2.23. The standard InChI is InChI=1S/C42H33N/c1-28-16-18-32(19-17-28)41-37-8-2-4-10-39(37)42(40-11-5-3-9-38(40)41)36-15-7-13-34-33(12-6-14-35(34)36)31-22-20-29(21-23-31)30-24-26-43-27-25-30/h2-16,18,20-28,32H,17,19H2,1H3. The van der Waals surface area contributed by atoms with Gasteiger partial charge in [0, 0.05) is 18.3 Å². The Morgan fingerprint density at radius 2 is 1.00 bits per heavy atom. The average Bonchev–Trinajstić information content (AvgIpc) is 3.08. The van der Waals surface area contributed by atoms with E-state index in [0.29, 0.717) is 11.8 Å². The quantitative estimate of drug-likeness (QED) is 0.157. The van der Waals surface area contributed by atoms with E-state index in [1.165, 1.54) is 84.1 Å². The number of benzene rings is 6. The molecule has 1 nitrogen and oxygen atoms in total. The van der Waals surface area contributed by atoms with Crippen molar-refractivity contribution >= 4 is 32.3 Å². The van der Waals surface area contributed by atoms with E-state index in [0.717, 1.165) is 0 Å². The molecule has 206 valence electrons. The fourth-order valence-electron chi connectivity index (χ4n) is 7.22. The van der Waals surface area contributed by atoms with Crippen LogP contribution < -0.4 is 0 Å². The highest BCUT2D eigenvalue weighted by atomic mass is 14.6. The Morgan fingerprint density at radius 3 is 1.63 bits per heavy atom. The number of hydrogen-bond acceptors (Lipinski definition) is 1. The summed E-state index contributed by atoms with van der Waals surface area (Å²) in [5, 5.41) is 7.98. The number of hydrogen-bond donors (Lipinski definition) is 0. The average molecular weight is 552 g/mol. The second kappa shape index (κ2) is 10.7. The maximum atomic E-state index is 4.17. The molecule has 8 rings (SSSR count). The summed E-state index contributed by atoms with van der Waals surface area (Å²) in [5.74, 6) is 1.10. The van der Waals surface area contributed by atoms with Crippen LogP contribution in [0, 0.1) is 5.92 Å². The topological polar surface area (TPSA) is 12.9 Å². The zero-order valence-electron chi connectivity index (χ0n) is 24.4. The minimum absolute atomic E-state index is 0.439. The molecule has 0 bridgehead atoms. The number of fused-ring (bicyclic) bond motifs is 3. The third kappa shape index (κ3) is 4.44. The van der Waals surface area contributed by atoms with Crippen molar-refractivity contribution in [1.29, 1.82) is 0 Å². The molecule has 2 unspecified atom stereocenters. The van der Waals surface area contributed by atoms with Crippen LogP contribution >= 0.6 is 0 Å². The first kappa shape index (κ1) is 25.7. The molecule has 0 N–H and O–H groups in total. The van der Waals surface area contributed by atoms with E-state index in [9.17, 15) is 0 Å². The van der Waals surface area contributed by atoms with Crippen molar-refractivity contribution in [2.75, 3.05) is 0 Å². The highest BCUT2D eigenvalue weighted by Crippen LogP contribution is 2.46. The second-order valence-electron chi connectivity index (χ2n) is 11.9. The molecule has 1 aromatic heterocycles. The summed E-state index contributed by atoms with van der Waals surface area (Å²) in [5.41, 5.74) is 8.97. The third-order valence-corrected chi connectivity index (χ3v) is 9.35. The molecule has 2 atom stereocenters. The molecule has 43 heavy (non-hydrogen) atoms. The molecular formula is C42H33N. The zero-order chi connectivity index (χ0) is 28.8. The molecule has 0 amide bonds. The maximum absolute atomic E-state index is 4.17. The summed E-state index contributed by atoms with van der Waals surface area (Å²) in [6.45, 7) is 2.33. The molecule has 0 radical (unpaired) electrons. The van der Waals surface area contributed by atoms with Crippen LogP contribution in [-0.2, 0) is 0 Å². The van der Waals surface area contributed by atoms with Crippen LogP contribution in [0.1, 0.15) is 31.2 Å². The van der Waals surface area contributed by atoms with Crippen molar-refractivity contribution in [3.63, 3.8) is 0 Å². The van der Waals surface area contributed by atoms with Gasteiger partial charge in [0.15, 0.2) is 0 Å². The monoisotopic (exact) mass is 551 g/mol. The van der Waals surface area contributed by atoms with Crippen LogP contribution in [-0.4, -0.2) is 4.98 Å². The van der Waals surface area contributed by atoms with Crippen LogP contribution in [0.4, 0.5) is 0 Å². The van der Waals surface area contributed by atoms with E-state index in [1.54, 1.807) is 0 Å². The van der Waals surface area contributed by atoms with Crippen LogP contribution in [0.3, 0.4) is 0 Å². The summed E-state index contributed by atoms with van der Waals surface area (Å²) >= 11 is 0. The molecule has 1 heterocycles. The van der Waals surface area contributed by atoms with Crippen LogP contribution in [0.2, 0.25) is 0 Å². The van der Waals surface area contributed by atoms with E-state index in [-0.39, 0.29) is 0 Å². The minimum Gasteiger partial charge on any atom is -0.265 e. The molecule has 1 heteroatoms. The van der Waals surface area contributed by atoms with Gasteiger partial charge in [-0.05, 0) is 102 Å². The van der Waals surface area contributed by atoms with Crippen molar-refractivity contribution in [1.82, 2.24) is 4.98 Å². The van der Waals surface area contributed by atoms with Crippen molar-refractivity contribution < 1.29 is 0 Å². The first-order valence-corrected chi connectivity index (χ1v) is 15.4. The molecule has 0 saturated heterocycles. The van der Waals surface area contributed by atoms with Gasteiger partial charge >= 0.3 is 0 Å². The Kier molecular flexibility index (Phi) is 6.38. The van der Waals surface area contributed by atoms with Gasteiger partial charge in [0.1, 0.15) is 0 Å². The fraction of sp³-hybridized carbons (Fsp3) is 0.119. The lowest BCUT2D eigenvalue weighted by Gasteiger charge is -2.25. The summed E-state index contributed by atoms with van der Waals surface area (Å²) in [4.78, 5) is 4.17. The molecule has 6 aromatic carbocycles. The zero-order valence-corrected chi connectivity index (χ0v) is 24.4. The van der Waals surface area contributed by atoms with Gasteiger partial charge in [-0.25, -0.2) is 0 Å². The van der Waals surface area contributed by atoms with E-state index < -0.39 is 0 Å². The molecule has 0 saturated carbocycles. The van der Waals surface area contributed by atoms with Gasteiger partial charge in [0.2, 0.25) is 0 Å². The lowest BCUT2D eigenvalue weighted by molar-refractivity contribution is 0.548. The van der Waals surface area contributed by atoms with Gasteiger partial charge in [-0.15, -0.1) is 0 Å². The Labute approximate surface area is 253 Å². The first-order chi connectivity index (χ1) is 21.3. The summed E-state index contributed by atoms with van der Waals surface area (Å²) in [6.07, 6.45) is 11.0. The van der Waals surface area contributed by atoms with E-state index in [2.05, 4.69) is 145 Å².